The number of hydrogen-bond donors (Lipinski definition) is 1. The smallest absolute Gasteiger partial charge is 0.147 e. The first kappa shape index (κ1) is 10.9. The van der Waals surface area contributed by atoms with Crippen LogP contribution < -0.4 is 5.32 Å². The number of rotatable bonds is 5. The third-order valence-corrected chi connectivity index (χ3v) is 3.44. The molecule has 78 valence electrons. The van der Waals surface area contributed by atoms with Crippen LogP contribution in [-0.4, -0.2) is 58.1 Å². The normalized spacial score (nSPS) is 19.0. The molecule has 1 heterocycles. The van der Waals surface area contributed by atoms with Gasteiger partial charge in [-0.15, -0.1) is 0 Å². The molecule has 1 rings (SSSR count). The molecule has 0 amide bonds. The van der Waals surface area contributed by atoms with Crippen molar-refractivity contribution < 1.29 is 8.42 Å². The molecule has 0 aromatic rings. The Hall–Kier alpha value is -0.130. The van der Waals surface area contributed by atoms with Crippen LogP contribution in [0.15, 0.2) is 0 Å². The minimum absolute atomic E-state index is 0.303. The van der Waals surface area contributed by atoms with Crippen molar-refractivity contribution in [2.45, 2.75) is 12.5 Å². The van der Waals surface area contributed by atoms with Gasteiger partial charge in [0.1, 0.15) is 9.84 Å². The molecule has 13 heavy (non-hydrogen) atoms. The van der Waals surface area contributed by atoms with Crippen molar-refractivity contribution in [3.8, 4) is 0 Å². The van der Waals surface area contributed by atoms with Gasteiger partial charge in [-0.25, -0.2) is 8.42 Å². The lowest BCUT2D eigenvalue weighted by atomic mass is 10.1. The summed E-state index contributed by atoms with van der Waals surface area (Å²) in [6.45, 7) is 2.95. The zero-order chi connectivity index (χ0) is 9.90. The Balaban J connectivity index is 2.11. The number of nitrogens with zero attached hydrogens (tertiary/aromatic N) is 1. The van der Waals surface area contributed by atoms with Crippen LogP contribution in [0, 0.1) is 0 Å². The molecule has 1 aliphatic rings. The first-order chi connectivity index (χ1) is 5.99. The summed E-state index contributed by atoms with van der Waals surface area (Å²) in [5, 5.41) is 3.19. The van der Waals surface area contributed by atoms with E-state index in [-0.39, 0.29) is 0 Å². The average molecular weight is 206 g/mol. The Morgan fingerprint density at radius 1 is 1.46 bits per heavy atom. The molecule has 0 saturated carbocycles. The fourth-order valence-electron chi connectivity index (χ4n) is 1.34. The maximum absolute atomic E-state index is 10.8. The Morgan fingerprint density at radius 2 is 2.08 bits per heavy atom. The maximum Gasteiger partial charge on any atom is 0.147 e. The Labute approximate surface area is 80.2 Å². The zero-order valence-corrected chi connectivity index (χ0v) is 9.10. The van der Waals surface area contributed by atoms with E-state index >= 15 is 0 Å². The van der Waals surface area contributed by atoms with E-state index in [0.717, 1.165) is 26.1 Å². The highest BCUT2D eigenvalue weighted by molar-refractivity contribution is 7.90. The van der Waals surface area contributed by atoms with Crippen LogP contribution in [0.4, 0.5) is 0 Å². The van der Waals surface area contributed by atoms with Crippen molar-refractivity contribution in [3.05, 3.63) is 0 Å². The summed E-state index contributed by atoms with van der Waals surface area (Å²) in [4.78, 5) is 2.22. The molecule has 0 unspecified atom stereocenters. The minimum Gasteiger partial charge on any atom is -0.314 e. The lowest BCUT2D eigenvalue weighted by molar-refractivity contribution is 0.181. The molecule has 1 fully saturated rings. The third kappa shape index (κ3) is 4.06. The Kier molecular flexibility index (Phi) is 3.70. The summed E-state index contributed by atoms with van der Waals surface area (Å²) >= 11 is 0. The van der Waals surface area contributed by atoms with Gasteiger partial charge in [0.25, 0.3) is 0 Å². The lowest BCUT2D eigenvalue weighted by Crippen LogP contribution is -2.56. The molecule has 5 heteroatoms. The van der Waals surface area contributed by atoms with Gasteiger partial charge in [0, 0.05) is 25.4 Å². The Bertz CT molecular complexity index is 247. The Morgan fingerprint density at radius 3 is 2.46 bits per heavy atom. The number of nitrogens with one attached hydrogen (secondary N) is 1. The summed E-state index contributed by atoms with van der Waals surface area (Å²) in [5.74, 6) is 0.303. The van der Waals surface area contributed by atoms with E-state index in [4.69, 9.17) is 0 Å². The quantitative estimate of drug-likeness (QED) is 0.648. The van der Waals surface area contributed by atoms with Gasteiger partial charge in [0.15, 0.2) is 0 Å². The molecular weight excluding hydrogens is 188 g/mol. The summed E-state index contributed by atoms with van der Waals surface area (Å²) in [5.41, 5.74) is 0. The van der Waals surface area contributed by atoms with Gasteiger partial charge in [0.05, 0.1) is 5.75 Å². The van der Waals surface area contributed by atoms with Gasteiger partial charge in [-0.1, -0.05) is 0 Å². The highest BCUT2D eigenvalue weighted by Crippen LogP contribution is 2.02. The second kappa shape index (κ2) is 4.39. The van der Waals surface area contributed by atoms with Gasteiger partial charge in [-0.2, -0.15) is 0 Å². The van der Waals surface area contributed by atoms with Crippen molar-refractivity contribution in [2.24, 2.45) is 0 Å². The van der Waals surface area contributed by atoms with Crippen molar-refractivity contribution in [1.82, 2.24) is 10.2 Å². The highest BCUT2D eigenvalue weighted by atomic mass is 32.2. The monoisotopic (exact) mass is 206 g/mol. The van der Waals surface area contributed by atoms with Gasteiger partial charge in [0.2, 0.25) is 0 Å². The summed E-state index contributed by atoms with van der Waals surface area (Å²) in [7, 11) is -0.727. The van der Waals surface area contributed by atoms with Crippen molar-refractivity contribution in [2.75, 3.05) is 38.7 Å². The largest absolute Gasteiger partial charge is 0.314 e. The van der Waals surface area contributed by atoms with Crippen molar-refractivity contribution in [1.29, 1.82) is 0 Å². The highest BCUT2D eigenvalue weighted by Gasteiger charge is 2.20. The van der Waals surface area contributed by atoms with E-state index in [2.05, 4.69) is 10.2 Å². The van der Waals surface area contributed by atoms with E-state index in [0.29, 0.717) is 11.8 Å². The van der Waals surface area contributed by atoms with Crippen molar-refractivity contribution in [3.63, 3.8) is 0 Å². The fourth-order valence-corrected chi connectivity index (χ4v) is 2.00. The molecule has 1 saturated heterocycles. The second-order valence-electron chi connectivity index (χ2n) is 3.78. The van der Waals surface area contributed by atoms with Crippen LogP contribution in [0.3, 0.4) is 0 Å². The second-order valence-corrected chi connectivity index (χ2v) is 6.04. The van der Waals surface area contributed by atoms with Crippen LogP contribution in [0.1, 0.15) is 6.42 Å². The summed E-state index contributed by atoms with van der Waals surface area (Å²) < 4.78 is 21.7. The van der Waals surface area contributed by atoms with Crippen LogP contribution in [0.25, 0.3) is 0 Å². The SMILES string of the molecule is CN(CCCS(C)(=O)=O)C1CNC1. The predicted octanol–water partition coefficient (Wildman–Crippen LogP) is -0.675. The zero-order valence-electron chi connectivity index (χ0n) is 8.28. The topological polar surface area (TPSA) is 49.4 Å². The molecular formula is C8H18N2O2S. The third-order valence-electron chi connectivity index (χ3n) is 2.41. The summed E-state index contributed by atoms with van der Waals surface area (Å²) in [6, 6.07) is 0.611. The van der Waals surface area contributed by atoms with Gasteiger partial charge in [-0.05, 0) is 20.0 Å². The van der Waals surface area contributed by atoms with Crippen LogP contribution in [0.2, 0.25) is 0 Å². The average Bonchev–Trinajstić information content (AvgIpc) is 1.79. The summed E-state index contributed by atoms with van der Waals surface area (Å²) in [6.07, 6.45) is 2.03. The minimum atomic E-state index is -2.78. The molecule has 4 nitrogen and oxygen atoms in total. The molecule has 0 aromatic carbocycles. The molecule has 0 aliphatic carbocycles. The fraction of sp³-hybridized carbons (Fsp3) is 1.00. The van der Waals surface area contributed by atoms with Gasteiger partial charge in [-0.3, -0.25) is 0 Å². The molecule has 0 spiro atoms. The lowest BCUT2D eigenvalue weighted by Gasteiger charge is -2.35. The van der Waals surface area contributed by atoms with E-state index < -0.39 is 9.84 Å². The van der Waals surface area contributed by atoms with Crippen LogP contribution in [0.5, 0.6) is 0 Å². The van der Waals surface area contributed by atoms with Crippen LogP contribution in [-0.2, 0) is 9.84 Å². The predicted molar refractivity (Wildman–Crippen MR) is 53.6 cm³/mol. The molecule has 0 aromatic heterocycles. The first-order valence-electron chi connectivity index (χ1n) is 4.58. The number of hydrogen-bond acceptors (Lipinski definition) is 4. The van der Waals surface area contributed by atoms with E-state index in [1.54, 1.807) is 0 Å². The van der Waals surface area contributed by atoms with Crippen LogP contribution >= 0.6 is 0 Å². The van der Waals surface area contributed by atoms with E-state index in [1.807, 2.05) is 7.05 Å². The first-order valence-corrected chi connectivity index (χ1v) is 6.64. The number of sulfone groups is 1. The standard InChI is InChI=1S/C8H18N2O2S/c1-10(8-6-9-7-8)4-3-5-13(2,11)12/h8-9H,3-7H2,1-2H3. The van der Waals surface area contributed by atoms with E-state index in [9.17, 15) is 8.42 Å². The molecule has 0 radical (unpaired) electrons. The molecule has 1 aliphatic heterocycles. The van der Waals surface area contributed by atoms with Gasteiger partial charge >= 0.3 is 0 Å². The maximum atomic E-state index is 10.8. The molecule has 0 atom stereocenters. The van der Waals surface area contributed by atoms with E-state index in [1.165, 1.54) is 6.26 Å². The molecule has 1 N–H and O–H groups in total. The van der Waals surface area contributed by atoms with Gasteiger partial charge < -0.3 is 10.2 Å². The number of likely N-dealkylation sites (N-methyl/N-ethyl adjacent to an activating group) is 1. The molecule has 0 bridgehead atoms. The van der Waals surface area contributed by atoms with Crippen molar-refractivity contribution >= 4 is 9.84 Å².